The highest BCUT2D eigenvalue weighted by atomic mass is 32.2. The second-order valence-electron chi connectivity index (χ2n) is 5.18. The molecule has 0 fully saturated rings. The number of carbonyl (C=O) groups is 1. The van der Waals surface area contributed by atoms with Crippen molar-refractivity contribution in [3.05, 3.63) is 65.6 Å². The van der Waals surface area contributed by atoms with Crippen molar-refractivity contribution < 1.29 is 19.1 Å². The number of ether oxygens (including phenoxy) is 1. The molecule has 0 atom stereocenters. The molecule has 0 radical (unpaired) electrons. The molecule has 3 heterocycles. The van der Waals surface area contributed by atoms with E-state index in [1.54, 1.807) is 30.7 Å². The van der Waals surface area contributed by atoms with Gasteiger partial charge in [-0.2, -0.15) is 0 Å². The average Bonchev–Trinajstić information content (AvgIpc) is 3.27. The van der Waals surface area contributed by atoms with Crippen LogP contribution in [0.1, 0.15) is 27.6 Å². The molecule has 0 saturated carbocycles. The fourth-order valence-electron chi connectivity index (χ4n) is 2.27. The lowest BCUT2D eigenvalue weighted by molar-refractivity contribution is 0.0563. The number of imidazole rings is 1. The number of methoxy groups -OCH3 is 1. The number of pyridine rings is 1. The minimum Gasteiger partial charge on any atom is -0.463 e. The number of hydrogen-bond acceptors (Lipinski definition) is 7. The number of aliphatic hydroxyl groups excluding tert-OH is 1. The Kier molecular flexibility index (Phi) is 5.52. The molecule has 0 amide bonds. The summed E-state index contributed by atoms with van der Waals surface area (Å²) < 4.78 is 12.0. The van der Waals surface area contributed by atoms with E-state index in [9.17, 15) is 9.90 Å². The second kappa shape index (κ2) is 8.00. The first-order chi connectivity index (χ1) is 12.2. The van der Waals surface area contributed by atoms with Crippen LogP contribution in [0, 0.1) is 0 Å². The minimum absolute atomic E-state index is 0.0914. The number of aliphatic hydroxyl groups is 1. The van der Waals surface area contributed by atoms with Gasteiger partial charge in [-0.3, -0.25) is 4.98 Å². The molecule has 7 nitrogen and oxygen atoms in total. The highest BCUT2D eigenvalue weighted by molar-refractivity contribution is 7.98. The zero-order valence-electron chi connectivity index (χ0n) is 13.6. The SMILES string of the molecule is COC(=O)c1ccc(CSc2ncc(CO)n2Cc2ccncc2)o1. The van der Waals surface area contributed by atoms with Crippen LogP contribution in [0.5, 0.6) is 0 Å². The molecule has 1 N–H and O–H groups in total. The van der Waals surface area contributed by atoms with Crippen LogP contribution in [0.25, 0.3) is 0 Å². The van der Waals surface area contributed by atoms with Crippen molar-refractivity contribution in [3.63, 3.8) is 0 Å². The lowest BCUT2D eigenvalue weighted by atomic mass is 10.2. The Morgan fingerprint density at radius 3 is 2.84 bits per heavy atom. The van der Waals surface area contributed by atoms with Crippen LogP contribution in [-0.4, -0.2) is 32.7 Å². The Bertz CT molecular complexity index is 845. The Balaban J connectivity index is 1.73. The lowest BCUT2D eigenvalue weighted by Crippen LogP contribution is -2.06. The molecule has 130 valence electrons. The summed E-state index contributed by atoms with van der Waals surface area (Å²) in [6.45, 7) is 0.498. The Hall–Kier alpha value is -2.58. The van der Waals surface area contributed by atoms with E-state index in [2.05, 4.69) is 14.7 Å². The molecule has 3 rings (SSSR count). The first kappa shape index (κ1) is 17.2. The van der Waals surface area contributed by atoms with Crippen molar-refractivity contribution in [2.24, 2.45) is 0 Å². The minimum atomic E-state index is -0.502. The normalized spacial score (nSPS) is 10.8. The second-order valence-corrected chi connectivity index (χ2v) is 6.12. The summed E-state index contributed by atoms with van der Waals surface area (Å²) in [5.41, 5.74) is 1.80. The Labute approximate surface area is 148 Å². The summed E-state index contributed by atoms with van der Waals surface area (Å²) in [6.07, 6.45) is 5.12. The first-order valence-electron chi connectivity index (χ1n) is 7.55. The Morgan fingerprint density at radius 2 is 2.12 bits per heavy atom. The van der Waals surface area contributed by atoms with Crippen molar-refractivity contribution in [2.45, 2.75) is 24.1 Å². The first-order valence-corrected chi connectivity index (χ1v) is 8.54. The fourth-order valence-corrected chi connectivity index (χ4v) is 3.17. The number of hydrogen-bond donors (Lipinski definition) is 1. The molecule has 0 aliphatic heterocycles. The highest BCUT2D eigenvalue weighted by Gasteiger charge is 2.14. The van der Waals surface area contributed by atoms with E-state index in [1.165, 1.54) is 18.9 Å². The van der Waals surface area contributed by atoms with Gasteiger partial charge in [0.05, 0.1) is 37.9 Å². The van der Waals surface area contributed by atoms with Gasteiger partial charge in [-0.15, -0.1) is 0 Å². The lowest BCUT2D eigenvalue weighted by Gasteiger charge is -2.10. The van der Waals surface area contributed by atoms with Gasteiger partial charge in [0.15, 0.2) is 5.16 Å². The van der Waals surface area contributed by atoms with Crippen LogP contribution in [0.4, 0.5) is 0 Å². The van der Waals surface area contributed by atoms with Crippen LogP contribution >= 0.6 is 11.8 Å². The quantitative estimate of drug-likeness (QED) is 0.512. The summed E-state index contributed by atoms with van der Waals surface area (Å²) in [5.74, 6) is 0.830. The molecule has 25 heavy (non-hydrogen) atoms. The number of carbonyl (C=O) groups excluding carboxylic acids is 1. The number of nitrogens with zero attached hydrogens (tertiary/aromatic N) is 3. The molecule has 0 spiro atoms. The molecule has 0 bridgehead atoms. The molecule has 0 unspecified atom stereocenters. The van der Waals surface area contributed by atoms with E-state index < -0.39 is 5.97 Å². The van der Waals surface area contributed by atoms with Crippen molar-refractivity contribution in [3.8, 4) is 0 Å². The maximum Gasteiger partial charge on any atom is 0.373 e. The molecule has 0 aliphatic carbocycles. The van der Waals surface area contributed by atoms with Crippen molar-refractivity contribution in [1.82, 2.24) is 14.5 Å². The van der Waals surface area contributed by atoms with E-state index in [4.69, 9.17) is 4.42 Å². The zero-order valence-corrected chi connectivity index (χ0v) is 14.4. The number of aromatic nitrogens is 3. The third-order valence-corrected chi connectivity index (χ3v) is 4.56. The fraction of sp³-hybridized carbons (Fsp3) is 0.235. The van der Waals surface area contributed by atoms with Gasteiger partial charge in [-0.25, -0.2) is 9.78 Å². The molecule has 0 aliphatic rings. The smallest absolute Gasteiger partial charge is 0.373 e. The highest BCUT2D eigenvalue weighted by Crippen LogP contribution is 2.25. The molecule has 8 heteroatoms. The average molecular weight is 359 g/mol. The number of thioether (sulfide) groups is 1. The molecular formula is C17H17N3O4S. The maximum absolute atomic E-state index is 11.4. The van der Waals surface area contributed by atoms with Gasteiger partial charge in [0.25, 0.3) is 0 Å². The standard InChI is InChI=1S/C17H17N3O4S/c1-23-16(22)15-3-2-14(24-15)11-25-17-19-8-13(10-21)20(17)9-12-4-6-18-7-5-12/h2-8,21H,9-11H2,1H3. The summed E-state index contributed by atoms with van der Waals surface area (Å²) >= 11 is 1.47. The number of furan rings is 1. The molecule has 0 aromatic carbocycles. The van der Waals surface area contributed by atoms with Gasteiger partial charge in [0.2, 0.25) is 5.76 Å². The summed E-state index contributed by atoms with van der Waals surface area (Å²) in [4.78, 5) is 19.8. The third kappa shape index (κ3) is 4.09. The molecular weight excluding hydrogens is 342 g/mol. The van der Waals surface area contributed by atoms with Gasteiger partial charge in [-0.1, -0.05) is 11.8 Å². The third-order valence-electron chi connectivity index (χ3n) is 3.55. The predicted octanol–water partition coefficient (Wildman–Crippen LogP) is 2.49. The largest absolute Gasteiger partial charge is 0.463 e. The monoisotopic (exact) mass is 359 g/mol. The molecule has 3 aromatic heterocycles. The van der Waals surface area contributed by atoms with Crippen LogP contribution in [0.3, 0.4) is 0 Å². The molecule has 3 aromatic rings. The van der Waals surface area contributed by atoms with Crippen molar-refractivity contribution >= 4 is 17.7 Å². The van der Waals surface area contributed by atoms with E-state index in [0.717, 1.165) is 16.4 Å². The van der Waals surface area contributed by atoms with Gasteiger partial charge in [0.1, 0.15) is 5.76 Å². The zero-order chi connectivity index (χ0) is 17.6. The maximum atomic E-state index is 11.4. The summed E-state index contributed by atoms with van der Waals surface area (Å²) in [7, 11) is 1.31. The van der Waals surface area contributed by atoms with Crippen molar-refractivity contribution in [1.29, 1.82) is 0 Å². The van der Waals surface area contributed by atoms with Crippen LogP contribution < -0.4 is 0 Å². The number of esters is 1. The van der Waals surface area contributed by atoms with Crippen molar-refractivity contribution in [2.75, 3.05) is 7.11 Å². The van der Waals surface area contributed by atoms with Gasteiger partial charge < -0.3 is 18.8 Å². The van der Waals surface area contributed by atoms with E-state index in [-0.39, 0.29) is 12.4 Å². The van der Waals surface area contributed by atoms with Crippen LogP contribution in [0.2, 0.25) is 0 Å². The predicted molar refractivity (Wildman–Crippen MR) is 91.1 cm³/mol. The topological polar surface area (TPSA) is 90.4 Å². The number of rotatable bonds is 7. The van der Waals surface area contributed by atoms with Crippen LogP contribution in [0.15, 0.2) is 52.4 Å². The summed E-state index contributed by atoms with van der Waals surface area (Å²) in [5, 5.41) is 10.3. The summed E-state index contributed by atoms with van der Waals surface area (Å²) in [6, 6.07) is 7.17. The Morgan fingerprint density at radius 1 is 1.32 bits per heavy atom. The van der Waals surface area contributed by atoms with E-state index in [0.29, 0.717) is 18.1 Å². The van der Waals surface area contributed by atoms with Gasteiger partial charge in [-0.05, 0) is 29.8 Å². The van der Waals surface area contributed by atoms with Gasteiger partial charge >= 0.3 is 5.97 Å². The van der Waals surface area contributed by atoms with Crippen LogP contribution in [-0.2, 0) is 23.6 Å². The van der Waals surface area contributed by atoms with E-state index in [1.807, 2.05) is 16.7 Å². The van der Waals surface area contributed by atoms with E-state index >= 15 is 0 Å². The molecule has 0 saturated heterocycles. The van der Waals surface area contributed by atoms with Gasteiger partial charge in [0, 0.05) is 12.4 Å².